The fourth-order valence-electron chi connectivity index (χ4n) is 2.73. The van der Waals surface area contributed by atoms with Crippen LogP contribution in [-0.4, -0.2) is 27.9 Å². The summed E-state index contributed by atoms with van der Waals surface area (Å²) in [6, 6.07) is 0. The highest BCUT2D eigenvalue weighted by Gasteiger charge is 2.29. The second kappa shape index (κ2) is 4.18. The van der Waals surface area contributed by atoms with Crippen LogP contribution >= 0.6 is 0 Å². The summed E-state index contributed by atoms with van der Waals surface area (Å²) in [7, 11) is 1.93. The smallest absolute Gasteiger partial charge is 0.253 e. The number of hydrogen-bond donors (Lipinski definition) is 1. The Bertz CT molecular complexity index is 674. The number of rotatable bonds is 2. The SMILES string of the molecule is Cn1cnnc1C1CCN(c2c(N)c(=O)c2=O)CC1. The van der Waals surface area contributed by atoms with Crippen molar-refractivity contribution in [1.82, 2.24) is 14.8 Å². The molecule has 0 bridgehead atoms. The minimum Gasteiger partial charge on any atom is -0.394 e. The minimum atomic E-state index is -0.551. The van der Waals surface area contributed by atoms with Crippen LogP contribution < -0.4 is 21.5 Å². The summed E-state index contributed by atoms with van der Waals surface area (Å²) in [6.45, 7) is 1.43. The first-order valence-electron chi connectivity index (χ1n) is 6.27. The molecule has 0 atom stereocenters. The van der Waals surface area contributed by atoms with Gasteiger partial charge in [-0.2, -0.15) is 0 Å². The van der Waals surface area contributed by atoms with Crippen LogP contribution in [-0.2, 0) is 7.05 Å². The van der Waals surface area contributed by atoms with Crippen molar-refractivity contribution in [2.45, 2.75) is 18.8 Å². The van der Waals surface area contributed by atoms with E-state index in [1.54, 1.807) is 6.33 Å². The van der Waals surface area contributed by atoms with Gasteiger partial charge >= 0.3 is 0 Å². The molecular weight excluding hydrogens is 246 g/mol. The molecule has 2 heterocycles. The molecule has 1 fully saturated rings. The number of hydrogen-bond acceptors (Lipinski definition) is 6. The molecule has 1 saturated heterocycles. The van der Waals surface area contributed by atoms with E-state index in [4.69, 9.17) is 5.73 Å². The number of nitrogens with two attached hydrogens (primary N) is 1. The van der Waals surface area contributed by atoms with Gasteiger partial charge in [0.2, 0.25) is 0 Å². The van der Waals surface area contributed by atoms with Crippen LogP contribution in [0.3, 0.4) is 0 Å². The van der Waals surface area contributed by atoms with Crippen molar-refractivity contribution < 1.29 is 0 Å². The van der Waals surface area contributed by atoms with E-state index in [0.29, 0.717) is 24.7 Å². The molecule has 100 valence electrons. The van der Waals surface area contributed by atoms with Crippen molar-refractivity contribution >= 4 is 11.4 Å². The van der Waals surface area contributed by atoms with E-state index in [1.165, 1.54) is 0 Å². The van der Waals surface area contributed by atoms with E-state index in [9.17, 15) is 9.59 Å². The van der Waals surface area contributed by atoms with Crippen LogP contribution in [0, 0.1) is 0 Å². The molecule has 1 aromatic carbocycles. The molecule has 19 heavy (non-hydrogen) atoms. The summed E-state index contributed by atoms with van der Waals surface area (Å²) in [5.74, 6) is 1.31. The Morgan fingerprint density at radius 1 is 1.26 bits per heavy atom. The molecular formula is C12H15N5O2. The third-order valence-electron chi connectivity index (χ3n) is 3.84. The van der Waals surface area contributed by atoms with Crippen LogP contribution in [0.4, 0.5) is 11.4 Å². The van der Waals surface area contributed by atoms with Crippen LogP contribution in [0.15, 0.2) is 15.9 Å². The summed E-state index contributed by atoms with van der Waals surface area (Å²) < 4.78 is 1.92. The molecule has 0 unspecified atom stereocenters. The van der Waals surface area contributed by atoms with Gasteiger partial charge in [-0.05, 0) is 12.8 Å². The average molecular weight is 261 g/mol. The molecule has 0 amide bonds. The number of nitrogen functional groups attached to an aromatic ring is 1. The Labute approximate surface area is 109 Å². The monoisotopic (exact) mass is 261 g/mol. The Kier molecular flexibility index (Phi) is 2.62. The number of anilines is 2. The predicted octanol–water partition coefficient (Wildman–Crippen LogP) is -0.623. The van der Waals surface area contributed by atoms with Crippen molar-refractivity contribution in [3.8, 4) is 0 Å². The Morgan fingerprint density at radius 2 is 1.95 bits per heavy atom. The van der Waals surface area contributed by atoms with Gasteiger partial charge in [-0.3, -0.25) is 9.59 Å². The maximum absolute atomic E-state index is 11.5. The zero-order valence-electron chi connectivity index (χ0n) is 10.7. The molecule has 0 aliphatic carbocycles. The lowest BCUT2D eigenvalue weighted by Crippen LogP contribution is -2.45. The van der Waals surface area contributed by atoms with Gasteiger partial charge in [0.05, 0.1) is 0 Å². The molecule has 2 aromatic rings. The summed E-state index contributed by atoms with van der Waals surface area (Å²) in [5.41, 5.74) is 5.10. The topological polar surface area (TPSA) is 94.1 Å². The van der Waals surface area contributed by atoms with Crippen molar-refractivity contribution in [2.24, 2.45) is 7.05 Å². The van der Waals surface area contributed by atoms with E-state index in [2.05, 4.69) is 10.2 Å². The minimum absolute atomic E-state index is 0.113. The van der Waals surface area contributed by atoms with Gasteiger partial charge in [-0.1, -0.05) is 0 Å². The second-order valence-electron chi connectivity index (χ2n) is 4.98. The zero-order valence-corrected chi connectivity index (χ0v) is 10.7. The standard InChI is InChI=1S/C12H15N5O2/c1-16-6-14-15-12(16)7-2-4-17(5-3-7)9-8(13)10(18)11(9)19/h6-7H,2-5,13H2,1H3. The van der Waals surface area contributed by atoms with E-state index in [0.717, 1.165) is 18.7 Å². The highest BCUT2D eigenvalue weighted by atomic mass is 16.2. The molecule has 1 aliphatic heterocycles. The third-order valence-corrected chi connectivity index (χ3v) is 3.84. The van der Waals surface area contributed by atoms with Crippen molar-refractivity contribution in [3.63, 3.8) is 0 Å². The maximum Gasteiger partial charge on any atom is 0.253 e. The molecule has 3 rings (SSSR count). The first kappa shape index (κ1) is 11.9. The molecule has 1 aromatic heterocycles. The van der Waals surface area contributed by atoms with Crippen molar-refractivity contribution in [2.75, 3.05) is 23.7 Å². The van der Waals surface area contributed by atoms with Gasteiger partial charge in [0.15, 0.2) is 0 Å². The van der Waals surface area contributed by atoms with Crippen LogP contribution in [0.2, 0.25) is 0 Å². The molecule has 0 radical (unpaired) electrons. The maximum atomic E-state index is 11.5. The molecule has 1 aliphatic rings. The van der Waals surface area contributed by atoms with Gasteiger partial charge in [0, 0.05) is 26.1 Å². The van der Waals surface area contributed by atoms with Gasteiger partial charge in [-0.15, -0.1) is 10.2 Å². The summed E-state index contributed by atoms with van der Waals surface area (Å²) in [5, 5.41) is 8.01. The Hall–Kier alpha value is -2.18. The van der Waals surface area contributed by atoms with E-state index in [1.807, 2.05) is 16.5 Å². The highest BCUT2D eigenvalue weighted by Crippen LogP contribution is 2.29. The van der Waals surface area contributed by atoms with E-state index in [-0.39, 0.29) is 5.69 Å². The lowest BCUT2D eigenvalue weighted by atomic mass is 9.95. The quantitative estimate of drug-likeness (QED) is 0.724. The predicted molar refractivity (Wildman–Crippen MR) is 71.0 cm³/mol. The fourth-order valence-corrected chi connectivity index (χ4v) is 2.73. The number of aryl methyl sites for hydroxylation is 1. The Balaban J connectivity index is 1.73. The van der Waals surface area contributed by atoms with Gasteiger partial charge < -0.3 is 15.2 Å². The largest absolute Gasteiger partial charge is 0.394 e. The first-order chi connectivity index (χ1) is 9.09. The molecule has 0 spiro atoms. The van der Waals surface area contributed by atoms with Crippen molar-refractivity contribution in [1.29, 1.82) is 0 Å². The number of aromatic nitrogens is 3. The molecule has 7 heteroatoms. The molecule has 2 N–H and O–H groups in total. The second-order valence-corrected chi connectivity index (χ2v) is 4.98. The lowest BCUT2D eigenvalue weighted by Gasteiger charge is -2.33. The van der Waals surface area contributed by atoms with Gasteiger partial charge in [-0.25, -0.2) is 0 Å². The number of piperidine rings is 1. The number of nitrogens with zero attached hydrogens (tertiary/aromatic N) is 4. The van der Waals surface area contributed by atoms with Crippen LogP contribution in [0.25, 0.3) is 0 Å². The van der Waals surface area contributed by atoms with Gasteiger partial charge in [0.1, 0.15) is 23.5 Å². The summed E-state index contributed by atoms with van der Waals surface area (Å²) in [6.07, 6.45) is 3.45. The summed E-state index contributed by atoms with van der Waals surface area (Å²) in [4.78, 5) is 24.5. The Morgan fingerprint density at radius 3 is 2.47 bits per heavy atom. The zero-order chi connectivity index (χ0) is 13.6. The van der Waals surface area contributed by atoms with Crippen LogP contribution in [0.1, 0.15) is 24.6 Å². The van der Waals surface area contributed by atoms with Crippen LogP contribution in [0.5, 0.6) is 0 Å². The van der Waals surface area contributed by atoms with Gasteiger partial charge in [0.25, 0.3) is 10.9 Å². The van der Waals surface area contributed by atoms with E-state index >= 15 is 0 Å². The normalized spacial score (nSPS) is 17.2. The lowest BCUT2D eigenvalue weighted by molar-refractivity contribution is 0.473. The van der Waals surface area contributed by atoms with Crippen molar-refractivity contribution in [3.05, 3.63) is 32.6 Å². The first-order valence-corrected chi connectivity index (χ1v) is 6.27. The fraction of sp³-hybridized carbons (Fsp3) is 0.500. The average Bonchev–Trinajstić information content (AvgIpc) is 2.86. The summed E-state index contributed by atoms with van der Waals surface area (Å²) >= 11 is 0. The molecule has 0 saturated carbocycles. The third kappa shape index (κ3) is 1.73. The highest BCUT2D eigenvalue weighted by molar-refractivity contribution is 5.72. The van der Waals surface area contributed by atoms with E-state index < -0.39 is 10.9 Å². The molecule has 7 nitrogen and oxygen atoms in total.